The molecule has 0 aliphatic heterocycles. The highest BCUT2D eigenvalue weighted by atomic mass is 79.9. The van der Waals surface area contributed by atoms with Gasteiger partial charge in [0.2, 0.25) is 5.91 Å². The Labute approximate surface area is 96.0 Å². The predicted molar refractivity (Wildman–Crippen MR) is 64.7 cm³/mol. The Morgan fingerprint density at radius 1 is 1.29 bits per heavy atom. The summed E-state index contributed by atoms with van der Waals surface area (Å²) in [5, 5.41) is 2.95. The molecule has 84 valence electrons. The van der Waals surface area contributed by atoms with Crippen molar-refractivity contribution < 1.29 is 4.79 Å². The van der Waals surface area contributed by atoms with Gasteiger partial charge < -0.3 is 5.32 Å². The van der Waals surface area contributed by atoms with Crippen molar-refractivity contribution in [2.24, 2.45) is 5.92 Å². The molecule has 0 heterocycles. The summed E-state index contributed by atoms with van der Waals surface area (Å²) in [6.45, 7) is 7.16. The largest absolute Gasteiger partial charge is 0.355 e. The zero-order valence-corrected chi connectivity index (χ0v) is 11.1. The first-order chi connectivity index (χ1) is 6.65. The first-order valence-electron chi connectivity index (χ1n) is 5.56. The molecule has 1 N–H and O–H groups in total. The summed E-state index contributed by atoms with van der Waals surface area (Å²) in [6, 6.07) is 0. The van der Waals surface area contributed by atoms with Gasteiger partial charge in [-0.1, -0.05) is 49.5 Å². The molecule has 1 amide bonds. The molecule has 0 radical (unpaired) electrons. The number of nitrogens with one attached hydrogen (secondary N) is 1. The molecular weight excluding hydrogens is 242 g/mol. The lowest BCUT2D eigenvalue weighted by atomic mass is 9.99. The number of hydrogen-bond donors (Lipinski definition) is 1. The van der Waals surface area contributed by atoms with Gasteiger partial charge in [-0.05, 0) is 12.3 Å². The van der Waals surface area contributed by atoms with E-state index in [1.54, 1.807) is 0 Å². The van der Waals surface area contributed by atoms with E-state index in [1.165, 1.54) is 0 Å². The molecule has 2 nitrogen and oxygen atoms in total. The van der Waals surface area contributed by atoms with Crippen molar-refractivity contribution in [2.75, 3.05) is 6.54 Å². The van der Waals surface area contributed by atoms with Crippen molar-refractivity contribution in [3.63, 3.8) is 0 Å². The molecular formula is C11H22BrNO. The van der Waals surface area contributed by atoms with Gasteiger partial charge in [0.1, 0.15) is 0 Å². The minimum absolute atomic E-state index is 0.169. The first-order valence-corrected chi connectivity index (χ1v) is 6.47. The predicted octanol–water partition coefficient (Wildman–Crippen LogP) is 3.10. The second-order valence-corrected chi connectivity index (χ2v) is 4.82. The summed E-state index contributed by atoms with van der Waals surface area (Å²) < 4.78 is 0. The van der Waals surface area contributed by atoms with Crippen LogP contribution in [0.1, 0.15) is 46.5 Å². The van der Waals surface area contributed by atoms with Crippen LogP contribution in [0.15, 0.2) is 0 Å². The number of alkyl halides is 1. The molecule has 0 aromatic heterocycles. The molecule has 1 atom stereocenters. The zero-order valence-electron chi connectivity index (χ0n) is 9.48. The second-order valence-electron chi connectivity index (χ2n) is 3.65. The summed E-state index contributed by atoms with van der Waals surface area (Å²) in [7, 11) is 0. The van der Waals surface area contributed by atoms with Crippen molar-refractivity contribution in [3.05, 3.63) is 0 Å². The number of carbonyl (C=O) groups is 1. The van der Waals surface area contributed by atoms with Crippen LogP contribution in [0.25, 0.3) is 0 Å². The Bertz CT molecular complexity index is 157. The molecule has 0 spiro atoms. The lowest BCUT2D eigenvalue weighted by molar-refractivity contribution is -0.121. The van der Waals surface area contributed by atoms with Crippen molar-refractivity contribution in [1.82, 2.24) is 5.32 Å². The Balaban J connectivity index is 3.71. The van der Waals surface area contributed by atoms with Gasteiger partial charge in [0.25, 0.3) is 0 Å². The molecule has 0 saturated heterocycles. The smallest absolute Gasteiger partial charge is 0.220 e. The van der Waals surface area contributed by atoms with E-state index in [0.717, 1.165) is 25.8 Å². The van der Waals surface area contributed by atoms with Gasteiger partial charge in [-0.2, -0.15) is 0 Å². The first kappa shape index (κ1) is 13.9. The van der Waals surface area contributed by atoms with Gasteiger partial charge in [0.15, 0.2) is 0 Å². The van der Waals surface area contributed by atoms with Crippen LogP contribution >= 0.6 is 15.9 Å². The maximum atomic E-state index is 11.2. The van der Waals surface area contributed by atoms with E-state index in [4.69, 9.17) is 0 Å². The molecule has 0 bridgehead atoms. The van der Waals surface area contributed by atoms with Crippen molar-refractivity contribution >= 4 is 21.8 Å². The molecule has 3 heteroatoms. The summed E-state index contributed by atoms with van der Waals surface area (Å²) in [5.74, 6) is 0.833. The average Bonchev–Trinajstić information content (AvgIpc) is 2.17. The van der Waals surface area contributed by atoms with Crippen LogP contribution in [0.5, 0.6) is 0 Å². The standard InChI is InChI=1S/C11H22BrNO/c1-4-7-11(14)13-8-10(12)9(5-2)6-3/h9-10H,4-8H2,1-3H3,(H,13,14). The normalized spacial score (nSPS) is 12.9. The van der Waals surface area contributed by atoms with Gasteiger partial charge in [-0.15, -0.1) is 0 Å². The molecule has 0 aromatic rings. The monoisotopic (exact) mass is 263 g/mol. The topological polar surface area (TPSA) is 29.1 Å². The van der Waals surface area contributed by atoms with Crippen molar-refractivity contribution in [2.45, 2.75) is 51.3 Å². The lowest BCUT2D eigenvalue weighted by Gasteiger charge is -2.19. The van der Waals surface area contributed by atoms with E-state index in [1.807, 2.05) is 6.92 Å². The molecule has 0 aliphatic rings. The quantitative estimate of drug-likeness (QED) is 0.703. The highest BCUT2D eigenvalue weighted by molar-refractivity contribution is 9.09. The van der Waals surface area contributed by atoms with E-state index >= 15 is 0 Å². The van der Waals surface area contributed by atoms with Crippen LogP contribution in [-0.4, -0.2) is 17.3 Å². The molecule has 14 heavy (non-hydrogen) atoms. The summed E-state index contributed by atoms with van der Waals surface area (Å²) in [5.41, 5.74) is 0. The third-order valence-electron chi connectivity index (χ3n) is 2.53. The fourth-order valence-corrected chi connectivity index (χ4v) is 2.40. The third-order valence-corrected chi connectivity index (χ3v) is 3.60. The molecule has 0 aliphatic carbocycles. The maximum Gasteiger partial charge on any atom is 0.220 e. The van der Waals surface area contributed by atoms with Gasteiger partial charge >= 0.3 is 0 Å². The summed E-state index contributed by atoms with van der Waals surface area (Å²) >= 11 is 3.63. The van der Waals surface area contributed by atoms with Crippen LogP contribution in [0.3, 0.4) is 0 Å². The van der Waals surface area contributed by atoms with E-state index in [0.29, 0.717) is 17.2 Å². The maximum absolute atomic E-state index is 11.2. The average molecular weight is 264 g/mol. The SMILES string of the molecule is CCCC(=O)NCC(Br)C(CC)CC. The highest BCUT2D eigenvalue weighted by Gasteiger charge is 2.15. The van der Waals surface area contributed by atoms with Crippen LogP contribution in [0.4, 0.5) is 0 Å². The van der Waals surface area contributed by atoms with E-state index in [-0.39, 0.29) is 5.91 Å². The number of halogens is 1. The lowest BCUT2D eigenvalue weighted by Crippen LogP contribution is -2.32. The molecule has 0 aromatic carbocycles. The minimum atomic E-state index is 0.169. The zero-order chi connectivity index (χ0) is 11.0. The molecule has 0 saturated carbocycles. The van der Waals surface area contributed by atoms with Gasteiger partial charge in [0.05, 0.1) is 0 Å². The Kier molecular flexibility index (Phi) is 8.24. The van der Waals surface area contributed by atoms with E-state index in [9.17, 15) is 4.79 Å². The van der Waals surface area contributed by atoms with Crippen molar-refractivity contribution in [1.29, 1.82) is 0 Å². The number of hydrogen-bond acceptors (Lipinski definition) is 1. The van der Waals surface area contributed by atoms with Gasteiger partial charge in [0, 0.05) is 17.8 Å². The van der Waals surface area contributed by atoms with Crippen molar-refractivity contribution in [3.8, 4) is 0 Å². The molecule has 0 rings (SSSR count). The Hall–Kier alpha value is -0.0500. The van der Waals surface area contributed by atoms with E-state index < -0.39 is 0 Å². The summed E-state index contributed by atoms with van der Waals surface area (Å²) in [4.78, 5) is 11.6. The number of amides is 1. The fourth-order valence-electron chi connectivity index (χ4n) is 1.49. The van der Waals surface area contributed by atoms with Gasteiger partial charge in [-0.3, -0.25) is 4.79 Å². The van der Waals surface area contributed by atoms with Gasteiger partial charge in [-0.25, -0.2) is 0 Å². The second kappa shape index (κ2) is 8.27. The fraction of sp³-hybridized carbons (Fsp3) is 0.909. The summed E-state index contributed by atoms with van der Waals surface area (Å²) in [6.07, 6.45) is 3.89. The third kappa shape index (κ3) is 5.63. The van der Waals surface area contributed by atoms with Crippen LogP contribution in [-0.2, 0) is 4.79 Å². The number of rotatable bonds is 7. The number of carbonyl (C=O) groups excluding carboxylic acids is 1. The van der Waals surface area contributed by atoms with Crippen LogP contribution in [0, 0.1) is 5.92 Å². The highest BCUT2D eigenvalue weighted by Crippen LogP contribution is 2.19. The Morgan fingerprint density at radius 2 is 1.86 bits per heavy atom. The Morgan fingerprint density at radius 3 is 2.29 bits per heavy atom. The van der Waals surface area contributed by atoms with Crippen LogP contribution in [0.2, 0.25) is 0 Å². The molecule has 1 unspecified atom stereocenters. The van der Waals surface area contributed by atoms with E-state index in [2.05, 4.69) is 35.1 Å². The minimum Gasteiger partial charge on any atom is -0.355 e. The van der Waals surface area contributed by atoms with Crippen LogP contribution < -0.4 is 5.32 Å². The molecule has 0 fully saturated rings.